The standard InChI is InChI=1S/C30H22BrN3O4/c1-37-21-12-9-18(10-13-21)25-17-24(33-34(25)30(36)26-8-5-15-38-26)28-27(19-6-3-2-4-7-19)22-16-20(31)11-14-23(22)32-29(28)35/h2-16,25H,17H2,1H3,(H,32,35)/t25-/m0/s1. The van der Waals surface area contributed by atoms with Gasteiger partial charge in [0, 0.05) is 27.4 Å². The van der Waals surface area contributed by atoms with E-state index in [4.69, 9.17) is 14.3 Å². The number of hydrazone groups is 1. The van der Waals surface area contributed by atoms with Crippen LogP contribution in [0.4, 0.5) is 0 Å². The van der Waals surface area contributed by atoms with Gasteiger partial charge in [0.1, 0.15) is 5.75 Å². The van der Waals surface area contributed by atoms with E-state index in [9.17, 15) is 9.59 Å². The Bertz CT molecular complexity index is 1730. The first-order valence-corrected chi connectivity index (χ1v) is 12.8. The van der Waals surface area contributed by atoms with E-state index in [1.54, 1.807) is 19.2 Å². The molecule has 2 aromatic heterocycles. The van der Waals surface area contributed by atoms with Gasteiger partial charge < -0.3 is 14.1 Å². The fourth-order valence-corrected chi connectivity index (χ4v) is 5.25. The van der Waals surface area contributed by atoms with Crippen LogP contribution in [0.3, 0.4) is 0 Å². The van der Waals surface area contributed by atoms with Crippen LogP contribution < -0.4 is 10.3 Å². The van der Waals surface area contributed by atoms with Gasteiger partial charge in [-0.05, 0) is 53.6 Å². The molecule has 0 saturated heterocycles. The Balaban J connectivity index is 1.56. The lowest BCUT2D eigenvalue weighted by Gasteiger charge is -2.21. The van der Waals surface area contributed by atoms with Gasteiger partial charge in [0.15, 0.2) is 5.76 Å². The van der Waals surface area contributed by atoms with Gasteiger partial charge in [0.05, 0.1) is 30.7 Å². The van der Waals surface area contributed by atoms with E-state index >= 15 is 0 Å². The van der Waals surface area contributed by atoms with Crippen molar-refractivity contribution in [2.24, 2.45) is 5.10 Å². The largest absolute Gasteiger partial charge is 0.497 e. The highest BCUT2D eigenvalue weighted by Gasteiger charge is 2.36. The maximum atomic E-state index is 13.6. The number of nitrogens with zero attached hydrogens (tertiary/aromatic N) is 2. The molecule has 8 heteroatoms. The number of pyridine rings is 1. The van der Waals surface area contributed by atoms with Crippen molar-refractivity contribution in [1.29, 1.82) is 0 Å². The Morgan fingerprint density at radius 1 is 1.03 bits per heavy atom. The SMILES string of the molecule is COc1ccc([C@@H]2CC(c3c(-c4ccccc4)c4cc(Br)ccc4[nH]c3=O)=NN2C(=O)c2ccco2)cc1. The zero-order chi connectivity index (χ0) is 26.2. The van der Waals surface area contributed by atoms with Crippen molar-refractivity contribution in [2.45, 2.75) is 12.5 Å². The van der Waals surface area contributed by atoms with Crippen molar-refractivity contribution < 1.29 is 13.9 Å². The summed E-state index contributed by atoms with van der Waals surface area (Å²) in [6, 6.07) is 25.9. The van der Waals surface area contributed by atoms with Crippen molar-refractivity contribution in [3.05, 3.63) is 123 Å². The molecule has 0 spiro atoms. The molecule has 7 nitrogen and oxygen atoms in total. The Labute approximate surface area is 226 Å². The topological polar surface area (TPSA) is 87.9 Å². The summed E-state index contributed by atoms with van der Waals surface area (Å²) >= 11 is 3.57. The molecule has 1 N–H and O–H groups in total. The molecule has 1 aliphatic heterocycles. The quantitative estimate of drug-likeness (QED) is 0.261. The van der Waals surface area contributed by atoms with Gasteiger partial charge in [-0.3, -0.25) is 9.59 Å². The monoisotopic (exact) mass is 567 g/mol. The number of aromatic amines is 1. The number of halogens is 1. The molecule has 0 aliphatic carbocycles. The number of aromatic nitrogens is 1. The normalized spacial score (nSPS) is 15.1. The summed E-state index contributed by atoms with van der Waals surface area (Å²) in [6.45, 7) is 0. The van der Waals surface area contributed by atoms with E-state index in [2.05, 4.69) is 20.9 Å². The first-order valence-electron chi connectivity index (χ1n) is 12.0. The van der Waals surface area contributed by atoms with Crippen LogP contribution in [-0.4, -0.2) is 28.7 Å². The minimum absolute atomic E-state index is 0.174. The lowest BCUT2D eigenvalue weighted by Crippen LogP contribution is -2.26. The highest BCUT2D eigenvalue weighted by molar-refractivity contribution is 9.10. The molecule has 1 atom stereocenters. The highest BCUT2D eigenvalue weighted by atomic mass is 79.9. The maximum Gasteiger partial charge on any atom is 0.310 e. The number of H-pyrrole nitrogens is 1. The molecule has 0 bridgehead atoms. The fourth-order valence-electron chi connectivity index (χ4n) is 4.89. The zero-order valence-electron chi connectivity index (χ0n) is 20.4. The van der Waals surface area contributed by atoms with Crippen LogP contribution in [0.25, 0.3) is 22.0 Å². The Morgan fingerprint density at radius 3 is 2.53 bits per heavy atom. The summed E-state index contributed by atoms with van der Waals surface area (Å²) in [4.78, 5) is 30.2. The third kappa shape index (κ3) is 4.22. The fraction of sp³-hybridized carbons (Fsp3) is 0.100. The van der Waals surface area contributed by atoms with Crippen LogP contribution >= 0.6 is 15.9 Å². The molecular formula is C30H22BrN3O4. The van der Waals surface area contributed by atoms with E-state index in [0.29, 0.717) is 23.4 Å². The third-order valence-corrected chi connectivity index (χ3v) is 7.17. The predicted octanol–water partition coefficient (Wildman–Crippen LogP) is 6.55. The van der Waals surface area contributed by atoms with E-state index < -0.39 is 6.04 Å². The summed E-state index contributed by atoms with van der Waals surface area (Å²) in [6.07, 6.45) is 1.80. The molecule has 0 unspecified atom stereocenters. The molecule has 6 rings (SSSR count). The molecular weight excluding hydrogens is 546 g/mol. The van der Waals surface area contributed by atoms with E-state index in [0.717, 1.165) is 32.1 Å². The number of methoxy groups -OCH3 is 1. The number of carbonyl (C=O) groups is 1. The van der Waals surface area contributed by atoms with E-state index in [1.165, 1.54) is 11.3 Å². The zero-order valence-corrected chi connectivity index (χ0v) is 21.9. The van der Waals surface area contributed by atoms with Gasteiger partial charge in [0.25, 0.3) is 5.56 Å². The van der Waals surface area contributed by atoms with Crippen LogP contribution in [0.1, 0.15) is 34.1 Å². The molecule has 3 aromatic carbocycles. The van der Waals surface area contributed by atoms with Gasteiger partial charge in [-0.25, -0.2) is 5.01 Å². The van der Waals surface area contributed by atoms with Crippen LogP contribution in [-0.2, 0) is 0 Å². The molecule has 38 heavy (non-hydrogen) atoms. The third-order valence-electron chi connectivity index (χ3n) is 6.68. The summed E-state index contributed by atoms with van der Waals surface area (Å²) in [7, 11) is 1.61. The number of amides is 1. The second kappa shape index (κ2) is 9.79. The summed E-state index contributed by atoms with van der Waals surface area (Å²) in [5.74, 6) is 0.500. The van der Waals surface area contributed by atoms with Gasteiger partial charge in [0.2, 0.25) is 0 Å². The lowest BCUT2D eigenvalue weighted by molar-refractivity contribution is 0.0678. The number of benzene rings is 3. The molecule has 0 saturated carbocycles. The molecule has 1 amide bonds. The Hall–Kier alpha value is -4.43. The van der Waals surface area contributed by atoms with Crippen LogP contribution in [0.15, 0.2) is 110 Å². The van der Waals surface area contributed by atoms with Gasteiger partial charge in [-0.2, -0.15) is 5.10 Å². The second-order valence-corrected chi connectivity index (χ2v) is 9.84. The van der Waals surface area contributed by atoms with Crippen LogP contribution in [0.2, 0.25) is 0 Å². The molecule has 188 valence electrons. The number of rotatable bonds is 5. The number of nitrogens with one attached hydrogen (secondary N) is 1. The Morgan fingerprint density at radius 2 is 1.82 bits per heavy atom. The number of ether oxygens (including phenoxy) is 1. The Kier molecular flexibility index (Phi) is 6.17. The maximum absolute atomic E-state index is 13.6. The first-order chi connectivity index (χ1) is 18.5. The number of carbonyl (C=O) groups excluding carboxylic acids is 1. The van der Waals surface area contributed by atoms with Crippen molar-refractivity contribution in [2.75, 3.05) is 7.11 Å². The molecule has 0 radical (unpaired) electrons. The summed E-state index contributed by atoms with van der Waals surface area (Å²) in [5.41, 5.74) is 3.93. The average molecular weight is 568 g/mol. The van der Waals surface area contributed by atoms with Crippen LogP contribution in [0.5, 0.6) is 5.75 Å². The number of furan rings is 1. The molecule has 1 aliphatic rings. The van der Waals surface area contributed by atoms with Crippen LogP contribution in [0, 0.1) is 0 Å². The van der Waals surface area contributed by atoms with E-state index in [1.807, 2.05) is 72.8 Å². The van der Waals surface area contributed by atoms with Crippen molar-refractivity contribution >= 4 is 38.5 Å². The van der Waals surface area contributed by atoms with E-state index in [-0.39, 0.29) is 17.2 Å². The second-order valence-electron chi connectivity index (χ2n) is 8.93. The number of hydrogen-bond donors (Lipinski definition) is 1. The molecule has 5 aromatic rings. The van der Waals surface area contributed by atoms with Crippen molar-refractivity contribution in [3.63, 3.8) is 0 Å². The van der Waals surface area contributed by atoms with Gasteiger partial charge >= 0.3 is 5.91 Å². The van der Waals surface area contributed by atoms with Crippen molar-refractivity contribution in [1.82, 2.24) is 9.99 Å². The highest BCUT2D eigenvalue weighted by Crippen LogP contribution is 2.38. The minimum atomic E-state index is -0.435. The van der Waals surface area contributed by atoms with Crippen molar-refractivity contribution in [3.8, 4) is 16.9 Å². The predicted molar refractivity (Wildman–Crippen MR) is 149 cm³/mol. The number of fused-ring (bicyclic) bond motifs is 1. The summed E-state index contributed by atoms with van der Waals surface area (Å²) in [5, 5.41) is 7.06. The number of hydrogen-bond acceptors (Lipinski definition) is 5. The summed E-state index contributed by atoms with van der Waals surface area (Å²) < 4.78 is 11.6. The minimum Gasteiger partial charge on any atom is -0.497 e. The van der Waals surface area contributed by atoms with Gasteiger partial charge in [-0.15, -0.1) is 0 Å². The molecule has 3 heterocycles. The first kappa shape index (κ1) is 23.9. The molecule has 0 fully saturated rings. The smallest absolute Gasteiger partial charge is 0.310 e. The average Bonchev–Trinajstić information content (AvgIpc) is 3.64. The lowest BCUT2D eigenvalue weighted by atomic mass is 9.91. The van der Waals surface area contributed by atoms with Gasteiger partial charge in [-0.1, -0.05) is 58.4 Å².